The predicted molar refractivity (Wildman–Crippen MR) is 128 cm³/mol. The largest absolute Gasteiger partial charge is 0.335 e. The molecule has 2 aromatic carbocycles. The highest BCUT2D eigenvalue weighted by Crippen LogP contribution is 2.37. The Morgan fingerprint density at radius 3 is 2.21 bits per heavy atom. The van der Waals surface area contributed by atoms with Gasteiger partial charge in [0.2, 0.25) is 5.91 Å². The minimum Gasteiger partial charge on any atom is -0.335 e. The van der Waals surface area contributed by atoms with Crippen LogP contribution in [0, 0.1) is 0 Å². The summed E-state index contributed by atoms with van der Waals surface area (Å²) in [4.78, 5) is 17.6. The highest BCUT2D eigenvalue weighted by atomic mass is 35.5. The van der Waals surface area contributed by atoms with Gasteiger partial charge >= 0.3 is 0 Å². The van der Waals surface area contributed by atoms with Crippen LogP contribution in [0.5, 0.6) is 0 Å². The molecule has 166 valence electrons. The molecule has 2 aliphatic heterocycles. The molecule has 2 aliphatic rings. The van der Waals surface area contributed by atoms with Crippen LogP contribution < -0.4 is 0 Å². The van der Waals surface area contributed by atoms with Crippen LogP contribution in [0.3, 0.4) is 0 Å². The Labute approximate surface area is 196 Å². The van der Waals surface area contributed by atoms with Crippen molar-refractivity contribution in [3.8, 4) is 22.5 Å². The second-order valence-electron chi connectivity index (χ2n) is 8.83. The highest BCUT2D eigenvalue weighted by molar-refractivity contribution is 6.38. The molecule has 2 bridgehead atoms. The lowest BCUT2D eigenvalue weighted by Gasteiger charge is -2.31. The average Bonchev–Trinajstić information content (AvgIpc) is 3.53. The van der Waals surface area contributed by atoms with E-state index in [4.69, 9.17) is 16.7 Å². The highest BCUT2D eigenvalue weighted by Gasteiger charge is 2.43. The number of carbonyl (C=O) groups is 1. The van der Waals surface area contributed by atoms with E-state index >= 15 is 0 Å². The topological polar surface area (TPSA) is 67.2 Å². The molecule has 2 fully saturated rings. The summed E-state index contributed by atoms with van der Waals surface area (Å²) < 4.78 is 1.66. The number of likely N-dealkylation sites (N-methyl/N-ethyl adjacent to an activating group) is 1. The maximum Gasteiger partial charge on any atom is 0.244 e. The fraction of sp³-hybridized carbons (Fsp3) is 0.280. The van der Waals surface area contributed by atoms with Crippen molar-refractivity contribution in [3.63, 3.8) is 0 Å². The van der Waals surface area contributed by atoms with Crippen LogP contribution >= 0.6 is 11.6 Å². The van der Waals surface area contributed by atoms with Crippen molar-refractivity contribution in [2.75, 3.05) is 20.1 Å². The molecule has 1 amide bonds. The molecule has 6 rings (SSSR count). The molecule has 8 heteroatoms. The number of benzene rings is 2. The van der Waals surface area contributed by atoms with Gasteiger partial charge in [0.1, 0.15) is 17.9 Å². The average molecular weight is 459 g/mol. The standard InChI is InChI=1S/C25H23ClN6O/c1-30-13-19-12-18(30)14-31(19)20(33)15-32-25-21(23(29-32)16-8-4-2-5-9-16)22(26)24(27-28-25)17-10-6-3-7-11-17/h2-11,18-19H,12-15H2,1H3. The van der Waals surface area contributed by atoms with E-state index < -0.39 is 0 Å². The van der Waals surface area contributed by atoms with E-state index in [0.717, 1.165) is 30.6 Å². The number of rotatable bonds is 4. The van der Waals surface area contributed by atoms with Crippen molar-refractivity contribution in [1.82, 2.24) is 29.8 Å². The SMILES string of the molecule is CN1CC2CC1CN2C(=O)Cn1nc(-c2ccccc2)c2c(Cl)c(-c3ccccc3)nnc21. The minimum atomic E-state index is 0.0599. The molecule has 2 atom stereocenters. The lowest BCUT2D eigenvalue weighted by Crippen LogP contribution is -2.48. The van der Waals surface area contributed by atoms with Gasteiger partial charge in [0.15, 0.2) is 5.65 Å². The van der Waals surface area contributed by atoms with Crippen molar-refractivity contribution < 1.29 is 4.79 Å². The first-order valence-corrected chi connectivity index (χ1v) is 11.5. The van der Waals surface area contributed by atoms with Gasteiger partial charge in [-0.25, -0.2) is 4.68 Å². The molecule has 2 aromatic heterocycles. The van der Waals surface area contributed by atoms with Crippen LogP contribution in [0.4, 0.5) is 0 Å². The van der Waals surface area contributed by atoms with E-state index in [9.17, 15) is 4.79 Å². The van der Waals surface area contributed by atoms with E-state index in [0.29, 0.717) is 33.5 Å². The van der Waals surface area contributed by atoms with Crippen molar-refractivity contribution in [3.05, 3.63) is 65.7 Å². The summed E-state index contributed by atoms with van der Waals surface area (Å²) in [7, 11) is 2.13. The molecule has 2 unspecified atom stereocenters. The van der Waals surface area contributed by atoms with E-state index in [-0.39, 0.29) is 18.5 Å². The molecule has 4 aromatic rings. The number of hydrogen-bond donors (Lipinski definition) is 0. The van der Waals surface area contributed by atoms with Gasteiger partial charge in [-0.3, -0.25) is 9.69 Å². The Hall–Kier alpha value is -3.29. The molecule has 0 aliphatic carbocycles. The Morgan fingerprint density at radius 1 is 0.939 bits per heavy atom. The normalized spacial score (nSPS) is 20.1. The van der Waals surface area contributed by atoms with Crippen LogP contribution in [-0.2, 0) is 11.3 Å². The zero-order valence-corrected chi connectivity index (χ0v) is 19.0. The zero-order chi connectivity index (χ0) is 22.5. The number of halogens is 1. The molecule has 0 N–H and O–H groups in total. The quantitative estimate of drug-likeness (QED) is 0.466. The first kappa shape index (κ1) is 20.3. The molecule has 0 radical (unpaired) electrons. The van der Waals surface area contributed by atoms with Crippen LogP contribution in [-0.4, -0.2) is 67.9 Å². The zero-order valence-electron chi connectivity index (χ0n) is 18.2. The number of fused-ring (bicyclic) bond motifs is 3. The first-order valence-electron chi connectivity index (χ1n) is 11.1. The summed E-state index contributed by atoms with van der Waals surface area (Å²) in [5, 5.41) is 14.9. The Balaban J connectivity index is 1.44. The first-order chi connectivity index (χ1) is 16.1. The Morgan fingerprint density at radius 2 is 1.61 bits per heavy atom. The van der Waals surface area contributed by atoms with Gasteiger partial charge in [0.25, 0.3) is 0 Å². The van der Waals surface area contributed by atoms with Crippen molar-refractivity contribution in [1.29, 1.82) is 0 Å². The molecule has 0 saturated carbocycles. The van der Waals surface area contributed by atoms with Gasteiger partial charge in [0.05, 0.1) is 10.4 Å². The summed E-state index contributed by atoms with van der Waals surface area (Å²) in [5.41, 5.74) is 3.64. The molecule has 33 heavy (non-hydrogen) atoms. The van der Waals surface area contributed by atoms with Crippen LogP contribution in [0.15, 0.2) is 60.7 Å². The second kappa shape index (κ2) is 7.93. The maximum atomic E-state index is 13.2. The lowest BCUT2D eigenvalue weighted by molar-refractivity contribution is -0.134. The van der Waals surface area contributed by atoms with Crippen LogP contribution in [0.2, 0.25) is 5.02 Å². The third-order valence-corrected chi connectivity index (χ3v) is 7.18. The Bertz CT molecular complexity index is 1340. The monoisotopic (exact) mass is 458 g/mol. The minimum absolute atomic E-state index is 0.0599. The number of hydrogen-bond acceptors (Lipinski definition) is 5. The number of nitrogens with zero attached hydrogens (tertiary/aromatic N) is 6. The van der Waals surface area contributed by atoms with Crippen LogP contribution in [0.25, 0.3) is 33.5 Å². The third-order valence-electron chi connectivity index (χ3n) is 6.81. The van der Waals surface area contributed by atoms with Crippen LogP contribution in [0.1, 0.15) is 6.42 Å². The van der Waals surface area contributed by atoms with Crippen molar-refractivity contribution in [2.45, 2.75) is 25.0 Å². The molecule has 7 nitrogen and oxygen atoms in total. The number of carbonyl (C=O) groups excluding carboxylic acids is 1. The van der Waals surface area contributed by atoms with Gasteiger partial charge in [-0.2, -0.15) is 5.10 Å². The fourth-order valence-electron chi connectivity index (χ4n) is 5.10. The molecule has 2 saturated heterocycles. The van der Waals surface area contributed by atoms with E-state index in [1.54, 1.807) is 4.68 Å². The van der Waals surface area contributed by atoms with Gasteiger partial charge in [-0.05, 0) is 13.5 Å². The fourth-order valence-corrected chi connectivity index (χ4v) is 5.42. The second-order valence-corrected chi connectivity index (χ2v) is 9.21. The molecular weight excluding hydrogens is 436 g/mol. The molecular formula is C25H23ClN6O. The lowest BCUT2D eigenvalue weighted by atomic mass is 10.1. The maximum absolute atomic E-state index is 13.2. The van der Waals surface area contributed by atoms with E-state index in [2.05, 4.69) is 22.1 Å². The number of amides is 1. The van der Waals surface area contributed by atoms with Crippen molar-refractivity contribution >= 4 is 28.5 Å². The smallest absolute Gasteiger partial charge is 0.244 e. The number of aromatic nitrogens is 4. The summed E-state index contributed by atoms with van der Waals surface area (Å²) in [6, 6.07) is 20.3. The van der Waals surface area contributed by atoms with E-state index in [1.807, 2.05) is 65.6 Å². The summed E-state index contributed by atoms with van der Waals surface area (Å²) >= 11 is 6.92. The van der Waals surface area contributed by atoms with E-state index in [1.165, 1.54) is 0 Å². The van der Waals surface area contributed by atoms with Gasteiger partial charge in [-0.1, -0.05) is 72.3 Å². The molecule has 4 heterocycles. The van der Waals surface area contributed by atoms with Crippen molar-refractivity contribution in [2.24, 2.45) is 0 Å². The Kier molecular flexibility index (Phi) is 4.89. The summed E-state index contributed by atoms with van der Waals surface area (Å²) in [6.07, 6.45) is 1.05. The van der Waals surface area contributed by atoms with Gasteiger partial charge in [-0.15, -0.1) is 10.2 Å². The number of likely N-dealkylation sites (tertiary alicyclic amines) is 2. The third kappa shape index (κ3) is 3.39. The molecule has 0 spiro atoms. The summed E-state index contributed by atoms with van der Waals surface area (Å²) in [5.74, 6) is 0.0599. The van der Waals surface area contributed by atoms with Gasteiger partial charge in [0, 0.05) is 36.3 Å². The predicted octanol–water partition coefficient (Wildman–Crippen LogP) is 3.73. The van der Waals surface area contributed by atoms with Gasteiger partial charge < -0.3 is 4.90 Å². The summed E-state index contributed by atoms with van der Waals surface area (Å²) in [6.45, 7) is 1.82. The number of piperazine rings is 1.